The Hall–Kier alpha value is -2.73. The molecule has 6 heteroatoms. The third-order valence-electron chi connectivity index (χ3n) is 4.48. The molecule has 4 rings (SSSR count). The zero-order valence-corrected chi connectivity index (χ0v) is 13.9. The number of ether oxygens (including phenoxy) is 1. The van der Waals surface area contributed by atoms with E-state index in [1.54, 1.807) is 0 Å². The number of rotatable bonds is 5. The maximum absolute atomic E-state index is 12.2. The van der Waals surface area contributed by atoms with E-state index in [1.807, 2.05) is 53.2 Å². The Labute approximate surface area is 145 Å². The average Bonchev–Trinajstić information content (AvgIpc) is 3.31. The van der Waals surface area contributed by atoms with Crippen LogP contribution in [0.15, 0.2) is 48.5 Å². The zero-order chi connectivity index (χ0) is 17.1. The van der Waals surface area contributed by atoms with Crippen molar-refractivity contribution in [2.45, 2.75) is 25.5 Å². The molecule has 1 aliphatic rings. The molecule has 0 spiro atoms. The third kappa shape index (κ3) is 3.53. The Morgan fingerprint density at radius 1 is 1.20 bits per heavy atom. The highest BCUT2D eigenvalue weighted by Crippen LogP contribution is 2.13. The van der Waals surface area contributed by atoms with E-state index >= 15 is 0 Å². The van der Waals surface area contributed by atoms with Crippen LogP contribution < -0.4 is 5.32 Å². The van der Waals surface area contributed by atoms with Gasteiger partial charge in [-0.25, -0.2) is 4.68 Å². The van der Waals surface area contributed by atoms with Crippen LogP contribution in [0.2, 0.25) is 0 Å². The number of hydrogen-bond donors (Lipinski definition) is 1. The van der Waals surface area contributed by atoms with Gasteiger partial charge in [0.05, 0.1) is 18.2 Å². The average molecular weight is 336 g/mol. The number of carbonyl (C=O) groups excluding carboxylic acids is 1. The van der Waals surface area contributed by atoms with Gasteiger partial charge in [-0.1, -0.05) is 29.5 Å². The van der Waals surface area contributed by atoms with Crippen molar-refractivity contribution in [1.29, 1.82) is 0 Å². The summed E-state index contributed by atoms with van der Waals surface area (Å²) in [5.41, 5.74) is 3.62. The molecular formula is C19H20N4O2. The van der Waals surface area contributed by atoms with Crippen LogP contribution in [0.1, 0.15) is 28.8 Å². The van der Waals surface area contributed by atoms with Crippen LogP contribution in [0.25, 0.3) is 11.0 Å². The molecule has 1 N–H and O–H groups in total. The van der Waals surface area contributed by atoms with Crippen molar-refractivity contribution in [3.63, 3.8) is 0 Å². The van der Waals surface area contributed by atoms with E-state index in [9.17, 15) is 4.79 Å². The molecule has 6 nitrogen and oxygen atoms in total. The molecule has 2 aromatic carbocycles. The van der Waals surface area contributed by atoms with Crippen LogP contribution in [-0.2, 0) is 11.3 Å². The molecule has 128 valence electrons. The van der Waals surface area contributed by atoms with Gasteiger partial charge in [0.15, 0.2) is 0 Å². The maximum atomic E-state index is 12.2. The van der Waals surface area contributed by atoms with Gasteiger partial charge in [-0.15, -0.1) is 5.10 Å². The Morgan fingerprint density at radius 3 is 2.84 bits per heavy atom. The minimum absolute atomic E-state index is 0.0618. The van der Waals surface area contributed by atoms with Crippen LogP contribution in [0, 0.1) is 0 Å². The second-order valence-corrected chi connectivity index (χ2v) is 6.28. The predicted octanol–water partition coefficient (Wildman–Crippen LogP) is 2.39. The molecule has 1 saturated heterocycles. The normalized spacial score (nSPS) is 17.0. The second kappa shape index (κ2) is 7.03. The summed E-state index contributed by atoms with van der Waals surface area (Å²) in [6, 6.07) is 15.5. The van der Waals surface area contributed by atoms with Crippen molar-refractivity contribution in [1.82, 2.24) is 20.3 Å². The minimum Gasteiger partial charge on any atom is -0.376 e. The van der Waals surface area contributed by atoms with E-state index in [0.29, 0.717) is 18.7 Å². The van der Waals surface area contributed by atoms with Crippen LogP contribution in [0.4, 0.5) is 0 Å². The van der Waals surface area contributed by atoms with E-state index < -0.39 is 0 Å². The Kier molecular flexibility index (Phi) is 4.43. The van der Waals surface area contributed by atoms with Crippen LogP contribution in [0.3, 0.4) is 0 Å². The highest BCUT2D eigenvalue weighted by atomic mass is 16.5. The summed E-state index contributed by atoms with van der Waals surface area (Å²) in [6.45, 7) is 2.00. The monoisotopic (exact) mass is 336 g/mol. The molecule has 0 saturated carbocycles. The van der Waals surface area contributed by atoms with E-state index in [2.05, 4.69) is 15.6 Å². The summed E-state index contributed by atoms with van der Waals surface area (Å²) in [7, 11) is 0. The lowest BCUT2D eigenvalue weighted by Crippen LogP contribution is -2.31. The number of fused-ring (bicyclic) bond motifs is 1. The van der Waals surface area contributed by atoms with Gasteiger partial charge >= 0.3 is 0 Å². The molecular weight excluding hydrogens is 316 g/mol. The van der Waals surface area contributed by atoms with Crippen molar-refractivity contribution in [3.8, 4) is 0 Å². The standard InChI is InChI=1S/C19H20N4O2/c24-19(20-12-16-4-3-11-25-16)15-9-7-14(8-10-15)13-23-18-6-2-1-5-17(18)21-22-23/h1-2,5-10,16H,3-4,11-13H2,(H,20,24)/t16-/m1/s1. The molecule has 25 heavy (non-hydrogen) atoms. The second-order valence-electron chi connectivity index (χ2n) is 6.28. The molecule has 1 aliphatic heterocycles. The highest BCUT2D eigenvalue weighted by molar-refractivity contribution is 5.94. The third-order valence-corrected chi connectivity index (χ3v) is 4.48. The number of benzene rings is 2. The first kappa shape index (κ1) is 15.8. The van der Waals surface area contributed by atoms with Crippen LogP contribution in [0.5, 0.6) is 0 Å². The van der Waals surface area contributed by atoms with Gasteiger partial charge in [0.1, 0.15) is 5.52 Å². The number of nitrogens with one attached hydrogen (secondary N) is 1. The quantitative estimate of drug-likeness (QED) is 0.777. The van der Waals surface area contributed by atoms with Crippen molar-refractivity contribution >= 4 is 16.9 Å². The highest BCUT2D eigenvalue weighted by Gasteiger charge is 2.16. The molecule has 0 aliphatic carbocycles. The summed E-state index contributed by atoms with van der Waals surface area (Å²) < 4.78 is 7.38. The number of aromatic nitrogens is 3. The van der Waals surface area contributed by atoms with Gasteiger partial charge in [0.25, 0.3) is 5.91 Å². The molecule has 1 fully saturated rings. The summed E-state index contributed by atoms with van der Waals surface area (Å²) in [4.78, 5) is 12.2. The molecule has 2 heterocycles. The minimum atomic E-state index is -0.0618. The molecule has 1 aromatic heterocycles. The summed E-state index contributed by atoms with van der Waals surface area (Å²) >= 11 is 0. The van der Waals surface area contributed by atoms with Gasteiger partial charge in [-0.3, -0.25) is 4.79 Å². The van der Waals surface area contributed by atoms with E-state index in [0.717, 1.165) is 36.0 Å². The fourth-order valence-corrected chi connectivity index (χ4v) is 3.08. The smallest absolute Gasteiger partial charge is 0.251 e. The Bertz CT molecular complexity index is 867. The molecule has 0 bridgehead atoms. The molecule has 0 unspecified atom stereocenters. The molecule has 0 radical (unpaired) electrons. The number of para-hydroxylation sites is 1. The van der Waals surface area contributed by atoms with Gasteiger partial charge in [-0.2, -0.15) is 0 Å². The summed E-state index contributed by atoms with van der Waals surface area (Å²) in [5.74, 6) is -0.0618. The maximum Gasteiger partial charge on any atom is 0.251 e. The summed E-state index contributed by atoms with van der Waals surface area (Å²) in [6.07, 6.45) is 2.25. The number of nitrogens with zero attached hydrogens (tertiary/aromatic N) is 3. The van der Waals surface area contributed by atoms with Gasteiger partial charge < -0.3 is 10.1 Å². The largest absolute Gasteiger partial charge is 0.376 e. The lowest BCUT2D eigenvalue weighted by atomic mass is 10.1. The van der Waals surface area contributed by atoms with Crippen LogP contribution >= 0.6 is 0 Å². The number of carbonyl (C=O) groups is 1. The molecule has 3 aromatic rings. The first-order chi connectivity index (χ1) is 12.3. The molecule has 1 atom stereocenters. The van der Waals surface area contributed by atoms with Crippen molar-refractivity contribution in [3.05, 3.63) is 59.7 Å². The van der Waals surface area contributed by atoms with E-state index in [4.69, 9.17) is 4.74 Å². The number of amides is 1. The first-order valence-electron chi connectivity index (χ1n) is 8.56. The van der Waals surface area contributed by atoms with Crippen molar-refractivity contribution in [2.24, 2.45) is 0 Å². The fourth-order valence-electron chi connectivity index (χ4n) is 3.08. The number of hydrogen-bond acceptors (Lipinski definition) is 4. The zero-order valence-electron chi connectivity index (χ0n) is 13.9. The lowest BCUT2D eigenvalue weighted by molar-refractivity contribution is 0.0858. The summed E-state index contributed by atoms with van der Waals surface area (Å²) in [5, 5.41) is 11.3. The van der Waals surface area contributed by atoms with Crippen LogP contribution in [-0.4, -0.2) is 40.2 Å². The lowest BCUT2D eigenvalue weighted by Gasteiger charge is -2.11. The van der Waals surface area contributed by atoms with Gasteiger partial charge in [-0.05, 0) is 42.7 Å². The topological polar surface area (TPSA) is 69.0 Å². The molecule has 1 amide bonds. The van der Waals surface area contributed by atoms with E-state index in [1.165, 1.54) is 0 Å². The van der Waals surface area contributed by atoms with Gasteiger partial charge in [0, 0.05) is 18.7 Å². The van der Waals surface area contributed by atoms with E-state index in [-0.39, 0.29) is 12.0 Å². The van der Waals surface area contributed by atoms with Gasteiger partial charge in [0.2, 0.25) is 0 Å². The van der Waals surface area contributed by atoms with Crippen molar-refractivity contribution in [2.75, 3.05) is 13.2 Å². The Balaban J connectivity index is 1.40. The first-order valence-corrected chi connectivity index (χ1v) is 8.56. The van der Waals surface area contributed by atoms with Crippen molar-refractivity contribution < 1.29 is 9.53 Å². The fraction of sp³-hybridized carbons (Fsp3) is 0.316. The Morgan fingerprint density at radius 2 is 2.04 bits per heavy atom. The predicted molar refractivity (Wildman–Crippen MR) is 94.4 cm³/mol. The SMILES string of the molecule is O=C(NC[C@H]1CCCO1)c1ccc(Cn2nnc3ccccc32)cc1.